The number of aliphatic carboxylic acids is 1. The number of amides is 1. The van der Waals surface area contributed by atoms with Crippen molar-refractivity contribution in [1.29, 1.82) is 0 Å². The smallest absolute Gasteiger partial charge is 0.310 e. The van der Waals surface area contributed by atoms with E-state index in [-0.39, 0.29) is 11.8 Å². The molecule has 2 atom stereocenters. The molecule has 4 nitrogen and oxygen atoms in total. The van der Waals surface area contributed by atoms with Crippen LogP contribution in [0.3, 0.4) is 0 Å². The normalized spacial score (nSPS) is 34.2. The van der Waals surface area contributed by atoms with Gasteiger partial charge in [0.2, 0.25) is 5.91 Å². The minimum atomic E-state index is -0.826. The van der Waals surface area contributed by atoms with Gasteiger partial charge in [0.15, 0.2) is 0 Å². The van der Waals surface area contributed by atoms with Gasteiger partial charge >= 0.3 is 5.97 Å². The Kier molecular flexibility index (Phi) is 3.15. The Balaban J connectivity index is 1.99. The van der Waals surface area contributed by atoms with Gasteiger partial charge in [0.05, 0.1) is 11.3 Å². The van der Waals surface area contributed by atoms with Crippen LogP contribution in [-0.2, 0) is 9.59 Å². The van der Waals surface area contributed by atoms with E-state index in [4.69, 9.17) is 0 Å². The number of carbonyl (C=O) groups is 2. The van der Waals surface area contributed by atoms with E-state index in [0.29, 0.717) is 12.3 Å². The standard InChI is InChI=1S/C13H21NO3/c1-9-4-7-14(8-5-9)11(15)10-3-6-13(10,2)12(16)17/h9-10H,3-8H2,1-2H3,(H,16,17)/t10-,13-/m1/s1. The number of likely N-dealkylation sites (tertiary alicyclic amines) is 1. The van der Waals surface area contributed by atoms with Gasteiger partial charge in [0.25, 0.3) is 0 Å². The lowest BCUT2D eigenvalue weighted by Gasteiger charge is -2.45. The molecule has 1 saturated carbocycles. The Hall–Kier alpha value is -1.06. The van der Waals surface area contributed by atoms with E-state index in [9.17, 15) is 14.7 Å². The molecule has 96 valence electrons. The van der Waals surface area contributed by atoms with E-state index in [2.05, 4.69) is 6.92 Å². The number of hydrogen-bond acceptors (Lipinski definition) is 2. The van der Waals surface area contributed by atoms with Crippen molar-refractivity contribution in [2.24, 2.45) is 17.3 Å². The van der Waals surface area contributed by atoms with Crippen molar-refractivity contribution in [2.45, 2.75) is 39.5 Å². The summed E-state index contributed by atoms with van der Waals surface area (Å²) in [7, 11) is 0. The Morgan fingerprint density at radius 2 is 1.82 bits per heavy atom. The van der Waals surface area contributed by atoms with Crippen LogP contribution >= 0.6 is 0 Å². The summed E-state index contributed by atoms with van der Waals surface area (Å²) < 4.78 is 0. The van der Waals surface area contributed by atoms with Crippen LogP contribution in [0.2, 0.25) is 0 Å². The second-order valence-electron chi connectivity index (χ2n) is 5.82. The number of carboxylic acid groups (broad SMARTS) is 1. The molecule has 0 unspecified atom stereocenters. The lowest BCUT2D eigenvalue weighted by Crippen LogP contribution is -2.54. The Bertz CT molecular complexity index is 334. The van der Waals surface area contributed by atoms with Crippen LogP contribution < -0.4 is 0 Å². The summed E-state index contributed by atoms with van der Waals surface area (Å²) in [6.45, 7) is 5.50. The first-order valence-corrected chi connectivity index (χ1v) is 6.47. The van der Waals surface area contributed by atoms with Crippen LogP contribution in [0, 0.1) is 17.3 Å². The lowest BCUT2D eigenvalue weighted by atomic mass is 9.60. The highest BCUT2D eigenvalue weighted by Gasteiger charge is 2.53. The molecule has 4 heteroatoms. The molecule has 2 fully saturated rings. The van der Waals surface area contributed by atoms with Crippen LogP contribution in [0.25, 0.3) is 0 Å². The summed E-state index contributed by atoms with van der Waals surface area (Å²) in [5, 5.41) is 9.18. The molecule has 1 amide bonds. The van der Waals surface area contributed by atoms with Gasteiger partial charge in [0, 0.05) is 13.1 Å². The second-order valence-corrected chi connectivity index (χ2v) is 5.82. The molecule has 2 aliphatic rings. The highest BCUT2D eigenvalue weighted by molar-refractivity contribution is 5.88. The third-order valence-corrected chi connectivity index (χ3v) is 4.60. The summed E-state index contributed by atoms with van der Waals surface area (Å²) in [5.41, 5.74) is -0.819. The van der Waals surface area contributed by atoms with E-state index in [1.165, 1.54) is 0 Å². The SMILES string of the molecule is CC1CCN(C(=O)[C@H]2CC[C@@]2(C)C(=O)O)CC1. The predicted octanol–water partition coefficient (Wildman–Crippen LogP) is 1.75. The van der Waals surface area contributed by atoms with E-state index in [0.717, 1.165) is 32.4 Å². The first-order chi connectivity index (χ1) is 7.95. The number of nitrogens with zero attached hydrogens (tertiary/aromatic N) is 1. The van der Waals surface area contributed by atoms with Gasteiger partial charge in [-0.3, -0.25) is 9.59 Å². The van der Waals surface area contributed by atoms with Gasteiger partial charge in [-0.15, -0.1) is 0 Å². The molecule has 2 rings (SSSR count). The van der Waals surface area contributed by atoms with Crippen molar-refractivity contribution in [1.82, 2.24) is 4.90 Å². The average Bonchev–Trinajstić information content (AvgIpc) is 2.27. The van der Waals surface area contributed by atoms with Crippen LogP contribution in [0.4, 0.5) is 0 Å². The van der Waals surface area contributed by atoms with Crippen molar-refractivity contribution in [3.63, 3.8) is 0 Å². The minimum Gasteiger partial charge on any atom is -0.481 e. The van der Waals surface area contributed by atoms with Crippen molar-refractivity contribution in [3.05, 3.63) is 0 Å². The van der Waals surface area contributed by atoms with Gasteiger partial charge < -0.3 is 10.0 Å². The first-order valence-electron chi connectivity index (χ1n) is 6.47. The Morgan fingerprint density at radius 1 is 1.24 bits per heavy atom. The molecule has 0 spiro atoms. The van der Waals surface area contributed by atoms with E-state index in [1.807, 2.05) is 4.90 Å². The molecule has 1 aliphatic heterocycles. The van der Waals surface area contributed by atoms with Gasteiger partial charge in [-0.25, -0.2) is 0 Å². The van der Waals surface area contributed by atoms with Crippen molar-refractivity contribution in [2.75, 3.05) is 13.1 Å². The molecular formula is C13H21NO3. The summed E-state index contributed by atoms with van der Waals surface area (Å²) in [6, 6.07) is 0. The fourth-order valence-corrected chi connectivity index (χ4v) is 2.82. The van der Waals surface area contributed by atoms with E-state index in [1.54, 1.807) is 6.92 Å². The average molecular weight is 239 g/mol. The zero-order valence-corrected chi connectivity index (χ0v) is 10.6. The second kappa shape index (κ2) is 4.31. The van der Waals surface area contributed by atoms with Crippen LogP contribution in [0.15, 0.2) is 0 Å². The summed E-state index contributed by atoms with van der Waals surface area (Å²) in [6.07, 6.45) is 3.45. The van der Waals surface area contributed by atoms with Gasteiger partial charge in [-0.2, -0.15) is 0 Å². The third-order valence-electron chi connectivity index (χ3n) is 4.60. The van der Waals surface area contributed by atoms with Crippen LogP contribution in [-0.4, -0.2) is 35.0 Å². The van der Waals surface area contributed by atoms with Crippen LogP contribution in [0.5, 0.6) is 0 Å². The molecule has 1 N–H and O–H groups in total. The maximum atomic E-state index is 12.3. The molecule has 0 bridgehead atoms. The Morgan fingerprint density at radius 3 is 2.24 bits per heavy atom. The topological polar surface area (TPSA) is 57.6 Å². The van der Waals surface area contributed by atoms with E-state index < -0.39 is 11.4 Å². The maximum absolute atomic E-state index is 12.3. The van der Waals surface area contributed by atoms with Crippen molar-refractivity contribution >= 4 is 11.9 Å². The molecule has 17 heavy (non-hydrogen) atoms. The monoisotopic (exact) mass is 239 g/mol. The van der Waals surface area contributed by atoms with Gasteiger partial charge in [-0.05, 0) is 38.5 Å². The van der Waals surface area contributed by atoms with Crippen molar-refractivity contribution < 1.29 is 14.7 Å². The largest absolute Gasteiger partial charge is 0.481 e. The third kappa shape index (κ3) is 2.05. The number of piperidine rings is 1. The summed E-state index contributed by atoms with van der Waals surface area (Å²) in [4.78, 5) is 25.3. The number of rotatable bonds is 2. The molecule has 1 saturated heterocycles. The van der Waals surface area contributed by atoms with Crippen molar-refractivity contribution in [3.8, 4) is 0 Å². The minimum absolute atomic E-state index is 0.0630. The molecule has 1 heterocycles. The quantitative estimate of drug-likeness (QED) is 0.798. The molecular weight excluding hydrogens is 218 g/mol. The predicted molar refractivity (Wildman–Crippen MR) is 63.4 cm³/mol. The summed E-state index contributed by atoms with van der Waals surface area (Å²) in [5.74, 6) is -0.375. The van der Waals surface area contributed by atoms with Gasteiger partial charge in [-0.1, -0.05) is 6.92 Å². The lowest BCUT2D eigenvalue weighted by molar-refractivity contribution is -0.168. The molecule has 0 aromatic carbocycles. The fourth-order valence-electron chi connectivity index (χ4n) is 2.82. The first kappa shape index (κ1) is 12.4. The highest BCUT2D eigenvalue weighted by Crippen LogP contribution is 2.47. The molecule has 1 aliphatic carbocycles. The number of hydrogen-bond donors (Lipinski definition) is 1. The fraction of sp³-hybridized carbons (Fsp3) is 0.846. The molecule has 0 radical (unpaired) electrons. The Labute approximate surface area is 102 Å². The maximum Gasteiger partial charge on any atom is 0.310 e. The molecule has 0 aromatic heterocycles. The number of carboxylic acids is 1. The zero-order valence-electron chi connectivity index (χ0n) is 10.6. The highest BCUT2D eigenvalue weighted by atomic mass is 16.4. The number of carbonyl (C=O) groups excluding carboxylic acids is 1. The van der Waals surface area contributed by atoms with E-state index >= 15 is 0 Å². The zero-order chi connectivity index (χ0) is 12.6. The van der Waals surface area contributed by atoms with Crippen LogP contribution in [0.1, 0.15) is 39.5 Å². The van der Waals surface area contributed by atoms with Gasteiger partial charge in [0.1, 0.15) is 0 Å². The summed E-state index contributed by atoms with van der Waals surface area (Å²) >= 11 is 0. The molecule has 0 aromatic rings.